The highest BCUT2D eigenvalue weighted by molar-refractivity contribution is 5.27. The van der Waals surface area contributed by atoms with Gasteiger partial charge in [0.1, 0.15) is 5.82 Å². The van der Waals surface area contributed by atoms with Gasteiger partial charge in [-0.1, -0.05) is 19.9 Å². The van der Waals surface area contributed by atoms with E-state index in [0.29, 0.717) is 12.0 Å². The van der Waals surface area contributed by atoms with Crippen molar-refractivity contribution in [1.82, 2.24) is 9.80 Å². The number of benzene rings is 1. The molecule has 1 unspecified atom stereocenters. The first kappa shape index (κ1) is 15.9. The molecule has 0 saturated carbocycles. The van der Waals surface area contributed by atoms with Crippen molar-refractivity contribution in [2.24, 2.45) is 0 Å². The van der Waals surface area contributed by atoms with Gasteiger partial charge in [0, 0.05) is 38.8 Å². The lowest BCUT2D eigenvalue weighted by molar-refractivity contribution is 0.0184. The third-order valence-electron chi connectivity index (χ3n) is 4.86. The lowest BCUT2D eigenvalue weighted by Gasteiger charge is -2.32. The van der Waals surface area contributed by atoms with Gasteiger partial charge in [-0.2, -0.15) is 0 Å². The van der Waals surface area contributed by atoms with Crippen LogP contribution in [0.1, 0.15) is 37.3 Å². The maximum atomic E-state index is 13.8. The number of halogens is 1. The van der Waals surface area contributed by atoms with E-state index in [1.54, 1.807) is 12.1 Å². The Labute approximate surface area is 133 Å². The molecule has 0 aliphatic carbocycles. The molecule has 1 atom stereocenters. The summed E-state index contributed by atoms with van der Waals surface area (Å²) in [7, 11) is 0. The van der Waals surface area contributed by atoms with E-state index in [1.807, 2.05) is 0 Å². The topological polar surface area (TPSA) is 15.7 Å². The first-order valence-electron chi connectivity index (χ1n) is 8.45. The Kier molecular flexibility index (Phi) is 5.11. The molecule has 22 heavy (non-hydrogen) atoms. The second-order valence-electron chi connectivity index (χ2n) is 6.87. The van der Waals surface area contributed by atoms with Gasteiger partial charge in [0.05, 0.1) is 13.2 Å². The normalized spacial score (nSPS) is 24.3. The van der Waals surface area contributed by atoms with Crippen LogP contribution in [0.15, 0.2) is 18.2 Å². The van der Waals surface area contributed by atoms with E-state index >= 15 is 0 Å². The van der Waals surface area contributed by atoms with Gasteiger partial charge in [0.25, 0.3) is 0 Å². The monoisotopic (exact) mass is 306 g/mol. The van der Waals surface area contributed by atoms with Crippen LogP contribution in [-0.4, -0.2) is 55.2 Å². The van der Waals surface area contributed by atoms with Crippen LogP contribution in [0, 0.1) is 5.82 Å². The highest BCUT2D eigenvalue weighted by Crippen LogP contribution is 2.22. The summed E-state index contributed by atoms with van der Waals surface area (Å²) in [4.78, 5) is 5.01. The number of likely N-dealkylation sites (tertiary alicyclic amines) is 1. The number of hydrogen-bond donors (Lipinski definition) is 0. The lowest BCUT2D eigenvalue weighted by atomic mass is 10.0. The summed E-state index contributed by atoms with van der Waals surface area (Å²) in [5.74, 6) is 0.263. The van der Waals surface area contributed by atoms with Gasteiger partial charge in [-0.15, -0.1) is 0 Å². The second kappa shape index (κ2) is 7.07. The first-order chi connectivity index (χ1) is 10.6. The quantitative estimate of drug-likeness (QED) is 0.851. The minimum Gasteiger partial charge on any atom is -0.379 e. The van der Waals surface area contributed by atoms with E-state index in [9.17, 15) is 4.39 Å². The molecule has 0 N–H and O–H groups in total. The highest BCUT2D eigenvalue weighted by Gasteiger charge is 2.28. The molecule has 2 aliphatic rings. The second-order valence-corrected chi connectivity index (χ2v) is 6.87. The lowest BCUT2D eigenvalue weighted by Crippen LogP contribution is -2.44. The summed E-state index contributed by atoms with van der Waals surface area (Å²) in [5, 5.41) is 0. The number of ether oxygens (including phenoxy) is 1. The predicted molar refractivity (Wildman–Crippen MR) is 86.6 cm³/mol. The Balaban J connectivity index is 1.60. The molecule has 2 aliphatic heterocycles. The summed E-state index contributed by atoms with van der Waals surface area (Å²) in [6.07, 6.45) is 1.21. The van der Waals surface area contributed by atoms with Crippen LogP contribution in [0.2, 0.25) is 0 Å². The van der Waals surface area contributed by atoms with E-state index in [4.69, 9.17) is 4.74 Å². The zero-order valence-corrected chi connectivity index (χ0v) is 13.7. The molecule has 4 heteroatoms. The van der Waals surface area contributed by atoms with Crippen molar-refractivity contribution in [3.63, 3.8) is 0 Å². The molecular formula is C18H27FN2O. The number of hydrogen-bond acceptors (Lipinski definition) is 3. The Morgan fingerprint density at radius 3 is 2.68 bits per heavy atom. The van der Waals surface area contributed by atoms with Crippen molar-refractivity contribution < 1.29 is 9.13 Å². The average molecular weight is 306 g/mol. The highest BCUT2D eigenvalue weighted by atomic mass is 19.1. The van der Waals surface area contributed by atoms with Gasteiger partial charge in [0.2, 0.25) is 0 Å². The summed E-state index contributed by atoms with van der Waals surface area (Å²) < 4.78 is 19.2. The fourth-order valence-corrected chi connectivity index (χ4v) is 3.55. The molecule has 2 saturated heterocycles. The van der Waals surface area contributed by atoms with Crippen molar-refractivity contribution in [2.75, 3.05) is 39.4 Å². The van der Waals surface area contributed by atoms with E-state index in [1.165, 1.54) is 6.42 Å². The molecule has 0 amide bonds. The molecule has 122 valence electrons. The number of morpholine rings is 1. The van der Waals surface area contributed by atoms with Crippen molar-refractivity contribution >= 4 is 0 Å². The van der Waals surface area contributed by atoms with Gasteiger partial charge in [-0.25, -0.2) is 4.39 Å². The van der Waals surface area contributed by atoms with E-state index in [0.717, 1.165) is 57.1 Å². The van der Waals surface area contributed by atoms with Gasteiger partial charge in [-0.05, 0) is 35.6 Å². The molecule has 3 rings (SSSR count). The van der Waals surface area contributed by atoms with Crippen molar-refractivity contribution in [2.45, 2.75) is 38.8 Å². The number of rotatable bonds is 4. The molecule has 0 aromatic heterocycles. The SMILES string of the molecule is CC(C)c1cc(F)cc(CN2CCC(N3CCOCC3)C2)c1. The molecule has 2 heterocycles. The van der Waals surface area contributed by atoms with Crippen molar-refractivity contribution in [3.8, 4) is 0 Å². The van der Waals surface area contributed by atoms with Crippen LogP contribution in [0.5, 0.6) is 0 Å². The average Bonchev–Trinajstić information content (AvgIpc) is 2.96. The number of nitrogens with zero attached hydrogens (tertiary/aromatic N) is 2. The Hall–Kier alpha value is -0.970. The summed E-state index contributed by atoms with van der Waals surface area (Å²) >= 11 is 0. The third kappa shape index (κ3) is 3.86. The standard InChI is InChI=1S/C18H27FN2O/c1-14(2)16-9-15(10-17(19)11-16)12-20-4-3-18(13-20)21-5-7-22-8-6-21/h9-11,14,18H,3-8,12-13H2,1-2H3. The Morgan fingerprint density at radius 1 is 1.18 bits per heavy atom. The van der Waals surface area contributed by atoms with Crippen LogP contribution >= 0.6 is 0 Å². The van der Waals surface area contributed by atoms with Gasteiger partial charge in [0.15, 0.2) is 0 Å². The molecular weight excluding hydrogens is 279 g/mol. The smallest absolute Gasteiger partial charge is 0.123 e. The van der Waals surface area contributed by atoms with E-state index in [-0.39, 0.29) is 5.82 Å². The summed E-state index contributed by atoms with van der Waals surface area (Å²) in [6.45, 7) is 11.1. The summed E-state index contributed by atoms with van der Waals surface area (Å²) in [5.41, 5.74) is 2.20. The minimum absolute atomic E-state index is 0.106. The fraction of sp³-hybridized carbons (Fsp3) is 0.667. The summed E-state index contributed by atoms with van der Waals surface area (Å²) in [6, 6.07) is 6.15. The van der Waals surface area contributed by atoms with Gasteiger partial charge in [-0.3, -0.25) is 9.80 Å². The van der Waals surface area contributed by atoms with Gasteiger partial charge >= 0.3 is 0 Å². The Morgan fingerprint density at radius 2 is 1.95 bits per heavy atom. The van der Waals surface area contributed by atoms with E-state index in [2.05, 4.69) is 29.7 Å². The van der Waals surface area contributed by atoms with Crippen molar-refractivity contribution in [1.29, 1.82) is 0 Å². The van der Waals surface area contributed by atoms with Crippen molar-refractivity contribution in [3.05, 3.63) is 35.1 Å². The molecule has 3 nitrogen and oxygen atoms in total. The molecule has 0 radical (unpaired) electrons. The molecule has 0 bridgehead atoms. The molecule has 2 fully saturated rings. The third-order valence-corrected chi connectivity index (χ3v) is 4.86. The van der Waals surface area contributed by atoms with Crippen LogP contribution in [0.4, 0.5) is 4.39 Å². The fourth-order valence-electron chi connectivity index (χ4n) is 3.55. The Bertz CT molecular complexity index is 500. The molecule has 1 aromatic rings. The molecule has 1 aromatic carbocycles. The van der Waals surface area contributed by atoms with Crippen LogP contribution < -0.4 is 0 Å². The van der Waals surface area contributed by atoms with Crippen LogP contribution in [0.3, 0.4) is 0 Å². The maximum Gasteiger partial charge on any atom is 0.123 e. The largest absolute Gasteiger partial charge is 0.379 e. The first-order valence-corrected chi connectivity index (χ1v) is 8.45. The van der Waals surface area contributed by atoms with E-state index < -0.39 is 0 Å². The minimum atomic E-state index is -0.106. The van der Waals surface area contributed by atoms with Gasteiger partial charge < -0.3 is 4.74 Å². The van der Waals surface area contributed by atoms with Crippen LogP contribution in [-0.2, 0) is 11.3 Å². The predicted octanol–water partition coefficient (Wildman–Crippen LogP) is 2.86. The maximum absolute atomic E-state index is 13.8. The molecule has 0 spiro atoms. The van der Waals surface area contributed by atoms with Crippen LogP contribution in [0.25, 0.3) is 0 Å². The zero-order valence-electron chi connectivity index (χ0n) is 13.7. The zero-order chi connectivity index (χ0) is 15.5.